The van der Waals surface area contributed by atoms with E-state index in [1.807, 2.05) is 85.8 Å². The maximum atomic E-state index is 13.6. The predicted octanol–water partition coefficient (Wildman–Crippen LogP) is 6.26. The Labute approximate surface area is 221 Å². The van der Waals surface area contributed by atoms with Crippen LogP contribution in [0.4, 0.5) is 0 Å². The van der Waals surface area contributed by atoms with Crippen molar-refractivity contribution in [3.05, 3.63) is 100 Å². The van der Waals surface area contributed by atoms with Crippen molar-refractivity contribution in [2.75, 3.05) is 12.3 Å². The second-order valence-electron chi connectivity index (χ2n) is 9.09. The molecule has 0 aliphatic rings. The Bertz CT molecular complexity index is 1090. The fourth-order valence-electron chi connectivity index (χ4n) is 3.63. The molecule has 0 spiro atoms. The van der Waals surface area contributed by atoms with Crippen molar-refractivity contribution in [2.24, 2.45) is 5.92 Å². The molecule has 0 saturated carbocycles. The molecule has 4 nitrogen and oxygen atoms in total. The molecule has 0 aliphatic carbocycles. The number of rotatable bonds is 11. The minimum absolute atomic E-state index is 0.0564. The van der Waals surface area contributed by atoms with Gasteiger partial charge in [0.25, 0.3) is 0 Å². The average Bonchev–Trinajstić information content (AvgIpc) is 2.86. The molecular formula is C29H33BrN2O2S. The zero-order chi connectivity index (χ0) is 25.2. The van der Waals surface area contributed by atoms with Gasteiger partial charge >= 0.3 is 0 Å². The summed E-state index contributed by atoms with van der Waals surface area (Å²) in [5.74, 6) is 0.416. The lowest BCUT2D eigenvalue weighted by Gasteiger charge is -2.32. The van der Waals surface area contributed by atoms with Crippen LogP contribution in [0.5, 0.6) is 0 Å². The first-order valence-electron chi connectivity index (χ1n) is 11.9. The number of nitrogens with zero attached hydrogens (tertiary/aromatic N) is 1. The highest BCUT2D eigenvalue weighted by molar-refractivity contribution is 9.10. The van der Waals surface area contributed by atoms with Crippen LogP contribution >= 0.6 is 27.7 Å². The second-order valence-corrected chi connectivity index (χ2v) is 11.1. The number of amides is 2. The van der Waals surface area contributed by atoms with E-state index in [1.54, 1.807) is 4.90 Å². The van der Waals surface area contributed by atoms with Crippen LogP contribution in [0.15, 0.2) is 88.2 Å². The van der Waals surface area contributed by atoms with Crippen LogP contribution in [0.25, 0.3) is 0 Å². The lowest BCUT2D eigenvalue weighted by Crippen LogP contribution is -2.51. The molecule has 0 radical (unpaired) electrons. The Morgan fingerprint density at radius 2 is 1.57 bits per heavy atom. The van der Waals surface area contributed by atoms with Gasteiger partial charge in [-0.1, -0.05) is 89.9 Å². The van der Waals surface area contributed by atoms with Crippen LogP contribution in [0.1, 0.15) is 30.5 Å². The summed E-state index contributed by atoms with van der Waals surface area (Å²) in [7, 11) is 0. The summed E-state index contributed by atoms with van der Waals surface area (Å²) in [6.45, 7) is 7.12. The number of hydrogen-bond acceptors (Lipinski definition) is 3. The van der Waals surface area contributed by atoms with Gasteiger partial charge in [0, 0.05) is 28.9 Å². The van der Waals surface area contributed by atoms with Crippen molar-refractivity contribution in [2.45, 2.75) is 44.7 Å². The highest BCUT2D eigenvalue weighted by Gasteiger charge is 2.30. The Morgan fingerprint density at radius 1 is 0.914 bits per heavy atom. The number of aryl methyl sites for hydroxylation is 1. The van der Waals surface area contributed by atoms with Gasteiger partial charge in [0.05, 0.1) is 5.75 Å². The molecule has 3 rings (SSSR count). The molecule has 2 amide bonds. The smallest absolute Gasteiger partial charge is 0.243 e. The van der Waals surface area contributed by atoms with Crippen molar-refractivity contribution in [1.29, 1.82) is 0 Å². The van der Waals surface area contributed by atoms with Crippen LogP contribution in [0.3, 0.4) is 0 Å². The first-order valence-corrected chi connectivity index (χ1v) is 13.6. The Hall–Kier alpha value is -2.57. The molecule has 3 aromatic rings. The summed E-state index contributed by atoms with van der Waals surface area (Å²) in [6, 6.07) is 25.4. The molecule has 1 N–H and O–H groups in total. The van der Waals surface area contributed by atoms with E-state index < -0.39 is 6.04 Å². The van der Waals surface area contributed by atoms with E-state index in [4.69, 9.17) is 0 Å². The van der Waals surface area contributed by atoms with E-state index in [0.29, 0.717) is 25.4 Å². The van der Waals surface area contributed by atoms with E-state index in [9.17, 15) is 9.59 Å². The predicted molar refractivity (Wildman–Crippen MR) is 148 cm³/mol. The van der Waals surface area contributed by atoms with Crippen LogP contribution in [0, 0.1) is 12.8 Å². The molecule has 184 valence electrons. The molecule has 0 fully saturated rings. The van der Waals surface area contributed by atoms with Crippen LogP contribution in [-0.4, -0.2) is 35.1 Å². The largest absolute Gasteiger partial charge is 0.354 e. The van der Waals surface area contributed by atoms with Gasteiger partial charge in [-0.2, -0.15) is 0 Å². The number of benzene rings is 3. The minimum atomic E-state index is -0.606. The molecule has 0 heterocycles. The summed E-state index contributed by atoms with van der Waals surface area (Å²) < 4.78 is 0.976. The SMILES string of the molecule is Cc1ccc(SCC(=O)N(Cc2ccc(Br)cc2)[C@H](Cc2ccccc2)C(=O)NCC(C)C)cc1. The second kappa shape index (κ2) is 13.5. The monoisotopic (exact) mass is 552 g/mol. The van der Waals surface area contributed by atoms with Crippen molar-refractivity contribution >= 4 is 39.5 Å². The topological polar surface area (TPSA) is 49.4 Å². The molecule has 6 heteroatoms. The molecule has 0 aliphatic heterocycles. The summed E-state index contributed by atoms with van der Waals surface area (Å²) in [4.78, 5) is 29.9. The van der Waals surface area contributed by atoms with Gasteiger partial charge < -0.3 is 10.2 Å². The van der Waals surface area contributed by atoms with Crippen molar-refractivity contribution in [3.63, 3.8) is 0 Å². The zero-order valence-electron chi connectivity index (χ0n) is 20.5. The van der Waals surface area contributed by atoms with Gasteiger partial charge in [-0.25, -0.2) is 0 Å². The van der Waals surface area contributed by atoms with Crippen LogP contribution in [-0.2, 0) is 22.6 Å². The standard InChI is InChI=1S/C29H33BrN2O2S/c1-21(2)18-31-29(34)27(17-23-7-5-4-6-8-23)32(19-24-11-13-25(30)14-12-24)28(33)20-35-26-15-9-22(3)10-16-26/h4-16,21,27H,17-20H2,1-3H3,(H,31,34)/t27-/m1/s1. The van der Waals surface area contributed by atoms with E-state index in [1.165, 1.54) is 17.3 Å². The maximum Gasteiger partial charge on any atom is 0.243 e. The van der Waals surface area contributed by atoms with Crippen LogP contribution in [0.2, 0.25) is 0 Å². The van der Waals surface area contributed by atoms with Gasteiger partial charge in [0.2, 0.25) is 11.8 Å². The first-order chi connectivity index (χ1) is 16.8. The van der Waals surface area contributed by atoms with E-state index >= 15 is 0 Å². The zero-order valence-corrected chi connectivity index (χ0v) is 22.9. The quantitative estimate of drug-likeness (QED) is 0.285. The summed E-state index contributed by atoms with van der Waals surface area (Å²) in [5, 5.41) is 3.07. The van der Waals surface area contributed by atoms with Gasteiger partial charge in [-0.15, -0.1) is 11.8 Å². The Morgan fingerprint density at radius 3 is 2.20 bits per heavy atom. The fraction of sp³-hybridized carbons (Fsp3) is 0.310. The highest BCUT2D eigenvalue weighted by atomic mass is 79.9. The summed E-state index contributed by atoms with van der Waals surface area (Å²) >= 11 is 4.98. The molecule has 3 aromatic carbocycles. The average molecular weight is 554 g/mol. The molecule has 35 heavy (non-hydrogen) atoms. The van der Waals surface area contributed by atoms with Crippen molar-refractivity contribution < 1.29 is 9.59 Å². The third-order valence-corrected chi connectivity index (χ3v) is 7.13. The van der Waals surface area contributed by atoms with Gasteiger partial charge in [0.15, 0.2) is 0 Å². The Kier molecular flexibility index (Phi) is 10.4. The molecular weight excluding hydrogens is 520 g/mol. The molecule has 0 aromatic heterocycles. The lowest BCUT2D eigenvalue weighted by atomic mass is 10.0. The van der Waals surface area contributed by atoms with E-state index in [2.05, 4.69) is 35.1 Å². The number of carbonyl (C=O) groups excluding carboxylic acids is 2. The minimum Gasteiger partial charge on any atom is -0.354 e. The highest BCUT2D eigenvalue weighted by Crippen LogP contribution is 2.22. The maximum absolute atomic E-state index is 13.6. The number of thioether (sulfide) groups is 1. The lowest BCUT2D eigenvalue weighted by molar-refractivity contribution is -0.139. The number of carbonyl (C=O) groups is 2. The number of nitrogens with one attached hydrogen (secondary N) is 1. The third-order valence-electron chi connectivity index (χ3n) is 5.61. The van der Waals surface area contributed by atoms with Gasteiger partial charge in [0.1, 0.15) is 6.04 Å². The third kappa shape index (κ3) is 8.86. The normalized spacial score (nSPS) is 11.8. The number of halogens is 1. The van der Waals surface area contributed by atoms with Crippen molar-refractivity contribution in [1.82, 2.24) is 10.2 Å². The Balaban J connectivity index is 1.88. The molecule has 0 unspecified atom stereocenters. The molecule has 0 saturated heterocycles. The summed E-state index contributed by atoms with van der Waals surface area (Å²) in [6.07, 6.45) is 0.461. The molecule has 1 atom stereocenters. The van der Waals surface area contributed by atoms with Crippen molar-refractivity contribution in [3.8, 4) is 0 Å². The first kappa shape index (κ1) is 27.0. The van der Waals surface area contributed by atoms with Crippen LogP contribution < -0.4 is 5.32 Å². The van der Waals surface area contributed by atoms with E-state index in [-0.39, 0.29) is 17.6 Å². The van der Waals surface area contributed by atoms with Gasteiger partial charge in [-0.05, 0) is 48.2 Å². The molecule has 0 bridgehead atoms. The van der Waals surface area contributed by atoms with E-state index in [0.717, 1.165) is 20.5 Å². The fourth-order valence-corrected chi connectivity index (χ4v) is 4.67. The van der Waals surface area contributed by atoms with Gasteiger partial charge in [-0.3, -0.25) is 9.59 Å². The number of hydrogen-bond donors (Lipinski definition) is 1. The summed E-state index contributed by atoms with van der Waals surface area (Å²) in [5.41, 5.74) is 3.19.